The largest absolute Gasteiger partial charge is 0.326 e. The van der Waals surface area contributed by atoms with E-state index in [0.29, 0.717) is 12.2 Å². The van der Waals surface area contributed by atoms with E-state index in [1.165, 1.54) is 6.33 Å². The second-order valence-corrected chi connectivity index (χ2v) is 7.27. The number of aliphatic imine (C=N–C) groups is 1. The van der Waals surface area contributed by atoms with Gasteiger partial charge >= 0.3 is 6.03 Å². The van der Waals surface area contributed by atoms with Crippen LogP contribution in [0.4, 0.5) is 22.1 Å². The number of amides is 2. The van der Waals surface area contributed by atoms with Gasteiger partial charge in [0.1, 0.15) is 12.7 Å². The summed E-state index contributed by atoms with van der Waals surface area (Å²) in [6.45, 7) is 4.34. The molecule has 0 aliphatic carbocycles. The summed E-state index contributed by atoms with van der Waals surface area (Å²) in [7, 11) is 0. The molecule has 0 aliphatic rings. The van der Waals surface area contributed by atoms with Crippen LogP contribution in [-0.2, 0) is 6.54 Å². The number of aryl methyl sites for hydroxylation is 2. The van der Waals surface area contributed by atoms with Crippen LogP contribution in [0.5, 0.6) is 0 Å². The molecule has 2 aromatic heterocycles. The van der Waals surface area contributed by atoms with Crippen LogP contribution in [-0.4, -0.2) is 36.7 Å². The number of nitrogens with zero attached hydrogens (tertiary/aromatic N) is 6. The van der Waals surface area contributed by atoms with Crippen molar-refractivity contribution >= 4 is 29.3 Å². The highest BCUT2D eigenvalue weighted by atomic mass is 16.2. The van der Waals surface area contributed by atoms with E-state index in [-0.39, 0.29) is 11.9 Å². The van der Waals surface area contributed by atoms with E-state index in [1.54, 1.807) is 23.1 Å². The zero-order valence-corrected chi connectivity index (χ0v) is 18.2. The van der Waals surface area contributed by atoms with Crippen molar-refractivity contribution in [1.29, 1.82) is 0 Å². The molecule has 0 unspecified atom stereocenters. The quantitative estimate of drug-likeness (QED) is 0.321. The van der Waals surface area contributed by atoms with Gasteiger partial charge in [-0.3, -0.25) is 5.32 Å². The van der Waals surface area contributed by atoms with Crippen LogP contribution in [0, 0.1) is 13.8 Å². The first kappa shape index (κ1) is 21.6. The lowest BCUT2D eigenvalue weighted by Gasteiger charge is -2.13. The number of carbonyl (C=O) groups excluding carboxylic acids is 1. The Hall–Kier alpha value is -4.60. The predicted octanol–water partition coefficient (Wildman–Crippen LogP) is 3.65. The van der Waals surface area contributed by atoms with Crippen molar-refractivity contribution in [2.24, 2.45) is 4.99 Å². The van der Waals surface area contributed by atoms with E-state index in [9.17, 15) is 4.79 Å². The number of para-hydroxylation sites is 1. The van der Waals surface area contributed by atoms with Gasteiger partial charge in [-0.2, -0.15) is 10.1 Å². The minimum atomic E-state index is -0.445. The number of carbonyl (C=O) groups is 1. The fraction of sp³-hybridized carbons (Fsp3) is 0.130. The van der Waals surface area contributed by atoms with Crippen LogP contribution in [0.3, 0.4) is 0 Å². The van der Waals surface area contributed by atoms with Crippen molar-refractivity contribution in [2.45, 2.75) is 20.4 Å². The average Bonchev–Trinajstić information content (AvgIpc) is 3.28. The molecule has 2 aromatic carbocycles. The molecule has 2 amide bonds. The van der Waals surface area contributed by atoms with E-state index in [4.69, 9.17) is 0 Å². The van der Waals surface area contributed by atoms with Gasteiger partial charge in [0.25, 0.3) is 5.95 Å². The Morgan fingerprint density at radius 2 is 1.64 bits per heavy atom. The Bertz CT molecular complexity index is 1220. The number of nitrogens with one attached hydrogen (secondary N) is 3. The maximum atomic E-state index is 12.6. The molecule has 0 bridgehead atoms. The number of anilines is 2. The van der Waals surface area contributed by atoms with Gasteiger partial charge in [0.15, 0.2) is 0 Å². The Morgan fingerprint density at radius 3 is 2.30 bits per heavy atom. The summed E-state index contributed by atoms with van der Waals surface area (Å²) >= 11 is 0. The van der Waals surface area contributed by atoms with Crippen LogP contribution >= 0.6 is 0 Å². The van der Waals surface area contributed by atoms with Crippen molar-refractivity contribution < 1.29 is 4.79 Å². The zero-order chi connectivity index (χ0) is 23.0. The molecule has 33 heavy (non-hydrogen) atoms. The number of guanidine groups is 1. The van der Waals surface area contributed by atoms with Gasteiger partial charge in [0.05, 0.1) is 6.54 Å². The van der Waals surface area contributed by atoms with Crippen LogP contribution in [0.15, 0.2) is 78.3 Å². The van der Waals surface area contributed by atoms with Crippen molar-refractivity contribution in [3.8, 4) is 0 Å². The van der Waals surface area contributed by atoms with Gasteiger partial charge in [-0.25, -0.2) is 24.4 Å². The van der Waals surface area contributed by atoms with E-state index in [1.807, 2.05) is 62.4 Å². The Balaban J connectivity index is 1.52. The van der Waals surface area contributed by atoms with Gasteiger partial charge in [-0.15, -0.1) is 0 Å². The zero-order valence-electron chi connectivity index (χ0n) is 18.2. The molecule has 2 heterocycles. The van der Waals surface area contributed by atoms with E-state index >= 15 is 0 Å². The maximum absolute atomic E-state index is 12.6. The summed E-state index contributed by atoms with van der Waals surface area (Å²) < 4.78 is 1.74. The molecule has 166 valence electrons. The number of aromatic nitrogens is 5. The first-order valence-corrected chi connectivity index (χ1v) is 10.3. The monoisotopic (exact) mass is 441 g/mol. The van der Waals surface area contributed by atoms with Gasteiger partial charge < -0.3 is 10.6 Å². The molecule has 0 atom stereocenters. The average molecular weight is 441 g/mol. The van der Waals surface area contributed by atoms with Gasteiger partial charge in [0, 0.05) is 22.8 Å². The molecule has 0 radical (unpaired) electrons. The standard InChI is InChI=1S/C23H23N9O/c1-16-12-17(2)27-21(26-16)30-22(31-23(33)29-19-6-4-3-5-7-19)28-20-10-8-18(9-11-20)13-32-15-24-14-25-32/h3-12,14-15H,13H2,1-2H3,(H3,26,27,28,29,30,31,33). The normalized spacial score (nSPS) is 11.2. The van der Waals surface area contributed by atoms with Gasteiger partial charge in [-0.1, -0.05) is 30.3 Å². The molecule has 4 aromatic rings. The van der Waals surface area contributed by atoms with E-state index in [0.717, 1.165) is 22.6 Å². The van der Waals surface area contributed by atoms with Crippen LogP contribution < -0.4 is 16.0 Å². The summed E-state index contributed by atoms with van der Waals surface area (Å²) in [6, 6.07) is 18.3. The summed E-state index contributed by atoms with van der Waals surface area (Å²) in [6.07, 6.45) is 3.16. The first-order chi connectivity index (χ1) is 16.0. The highest BCUT2D eigenvalue weighted by Gasteiger charge is 2.09. The highest BCUT2D eigenvalue weighted by Crippen LogP contribution is 2.13. The summed E-state index contributed by atoms with van der Waals surface area (Å²) in [5.41, 5.74) is 4.02. The third-order valence-corrected chi connectivity index (χ3v) is 4.47. The molecule has 0 fully saturated rings. The molecule has 3 N–H and O–H groups in total. The number of rotatable bonds is 5. The van der Waals surface area contributed by atoms with E-state index in [2.05, 4.69) is 41.0 Å². The first-order valence-electron chi connectivity index (χ1n) is 10.3. The van der Waals surface area contributed by atoms with Crippen molar-refractivity contribution in [1.82, 2.24) is 30.0 Å². The fourth-order valence-electron chi connectivity index (χ4n) is 3.07. The Morgan fingerprint density at radius 1 is 0.939 bits per heavy atom. The second kappa shape index (κ2) is 10.1. The molecule has 4 rings (SSSR count). The van der Waals surface area contributed by atoms with Crippen molar-refractivity contribution in [3.63, 3.8) is 0 Å². The lowest BCUT2D eigenvalue weighted by molar-refractivity contribution is 0.256. The lowest BCUT2D eigenvalue weighted by atomic mass is 10.2. The molecule has 10 nitrogen and oxygen atoms in total. The second-order valence-electron chi connectivity index (χ2n) is 7.27. The van der Waals surface area contributed by atoms with Crippen LogP contribution in [0.2, 0.25) is 0 Å². The minimum absolute atomic E-state index is 0.192. The maximum Gasteiger partial charge on any atom is 0.326 e. The van der Waals surface area contributed by atoms with Crippen molar-refractivity contribution in [3.05, 3.63) is 90.3 Å². The van der Waals surface area contributed by atoms with E-state index < -0.39 is 6.03 Å². The number of hydrogen-bond acceptors (Lipinski definition) is 6. The summed E-state index contributed by atoms with van der Waals surface area (Å²) in [5, 5.41) is 12.8. The van der Waals surface area contributed by atoms with Crippen molar-refractivity contribution in [2.75, 3.05) is 10.6 Å². The molecule has 10 heteroatoms. The SMILES string of the molecule is Cc1cc(C)nc(/N=C(\NC(=O)Nc2ccccc2)Nc2ccc(Cn3cncn3)cc2)n1. The molecule has 0 spiro atoms. The van der Waals surface area contributed by atoms with Gasteiger partial charge in [-0.05, 0) is 49.7 Å². The summed E-state index contributed by atoms with van der Waals surface area (Å²) in [4.78, 5) is 29.6. The molecular formula is C23H23N9O. The highest BCUT2D eigenvalue weighted by molar-refractivity contribution is 6.08. The number of hydrogen-bond donors (Lipinski definition) is 3. The molecular weight excluding hydrogens is 418 g/mol. The third-order valence-electron chi connectivity index (χ3n) is 4.47. The van der Waals surface area contributed by atoms with Gasteiger partial charge in [0.2, 0.25) is 5.96 Å². The van der Waals surface area contributed by atoms with Crippen LogP contribution in [0.25, 0.3) is 0 Å². The topological polar surface area (TPSA) is 122 Å². The Kier molecular flexibility index (Phi) is 6.64. The molecule has 0 aliphatic heterocycles. The fourth-order valence-corrected chi connectivity index (χ4v) is 3.07. The molecule has 0 saturated heterocycles. The predicted molar refractivity (Wildman–Crippen MR) is 126 cm³/mol. The third kappa shape index (κ3) is 6.44. The smallest absolute Gasteiger partial charge is 0.326 e. The minimum Gasteiger partial charge on any atom is -0.326 e. The van der Waals surface area contributed by atoms with Crippen LogP contribution in [0.1, 0.15) is 17.0 Å². The number of urea groups is 1. The lowest BCUT2D eigenvalue weighted by Crippen LogP contribution is -2.38. The molecule has 0 saturated carbocycles. The Labute approximate surface area is 190 Å². The number of benzene rings is 2. The summed E-state index contributed by atoms with van der Waals surface area (Å²) in [5.74, 6) is 0.440.